The van der Waals surface area contributed by atoms with Crippen LogP contribution in [0.3, 0.4) is 0 Å². The Hall–Kier alpha value is -1.62. The molecule has 0 amide bonds. The molecule has 0 unspecified atom stereocenters. The van der Waals surface area contributed by atoms with E-state index in [2.05, 4.69) is 4.98 Å². The molecule has 0 saturated carbocycles. The van der Waals surface area contributed by atoms with E-state index in [4.69, 9.17) is 0 Å². The third-order valence-corrected chi connectivity index (χ3v) is 3.02. The lowest BCUT2D eigenvalue weighted by atomic mass is 10.1. The molecule has 0 aliphatic rings. The molecule has 0 N–H and O–H groups in total. The molecule has 0 atom stereocenters. The van der Waals surface area contributed by atoms with Crippen molar-refractivity contribution in [2.75, 3.05) is 0 Å². The number of aryl methyl sites for hydroxylation is 1. The highest BCUT2D eigenvalue weighted by atomic mass is 32.1. The van der Waals surface area contributed by atoms with Crippen molar-refractivity contribution < 1.29 is 13.6 Å². The van der Waals surface area contributed by atoms with E-state index in [0.717, 1.165) is 23.2 Å². The summed E-state index contributed by atoms with van der Waals surface area (Å²) in [6.07, 6.45) is 0.0627. The van der Waals surface area contributed by atoms with Gasteiger partial charge in [0.15, 0.2) is 5.78 Å². The molecule has 0 saturated heterocycles. The number of rotatable bonds is 3. The lowest BCUT2D eigenvalue weighted by molar-refractivity contribution is 0.0991. The Bertz CT molecular complexity index is 545. The van der Waals surface area contributed by atoms with Gasteiger partial charge in [-0.15, -0.1) is 11.3 Å². The summed E-state index contributed by atoms with van der Waals surface area (Å²) in [5.74, 6) is -1.83. The highest BCUT2D eigenvalue weighted by Crippen LogP contribution is 2.13. The summed E-state index contributed by atoms with van der Waals surface area (Å²) in [4.78, 5) is 15.9. The van der Waals surface area contributed by atoms with Crippen LogP contribution in [0.4, 0.5) is 8.78 Å². The summed E-state index contributed by atoms with van der Waals surface area (Å²) in [7, 11) is 0. The van der Waals surface area contributed by atoms with Gasteiger partial charge in [0.1, 0.15) is 11.6 Å². The molecule has 5 heteroatoms. The molecule has 0 radical (unpaired) electrons. The van der Waals surface area contributed by atoms with Gasteiger partial charge in [0, 0.05) is 17.0 Å². The third kappa shape index (κ3) is 2.94. The summed E-state index contributed by atoms with van der Waals surface area (Å²) in [5, 5.41) is 2.63. The first-order valence-electron chi connectivity index (χ1n) is 4.95. The Kier molecular flexibility index (Phi) is 3.28. The maximum Gasteiger partial charge on any atom is 0.169 e. The van der Waals surface area contributed by atoms with Gasteiger partial charge in [-0.2, -0.15) is 0 Å². The molecule has 88 valence electrons. The summed E-state index contributed by atoms with van der Waals surface area (Å²) in [6.45, 7) is 1.83. The largest absolute Gasteiger partial charge is 0.294 e. The minimum Gasteiger partial charge on any atom is -0.294 e. The monoisotopic (exact) mass is 253 g/mol. The first-order valence-corrected chi connectivity index (χ1v) is 5.83. The number of hydrogen-bond donors (Lipinski definition) is 0. The number of carbonyl (C=O) groups is 1. The van der Waals surface area contributed by atoms with Crippen LogP contribution in [0.25, 0.3) is 0 Å². The van der Waals surface area contributed by atoms with E-state index in [1.54, 1.807) is 5.38 Å². The summed E-state index contributed by atoms with van der Waals surface area (Å²) >= 11 is 1.44. The SMILES string of the molecule is Cc1nc(CC(=O)c2cc(F)cc(F)c2)cs1. The lowest BCUT2D eigenvalue weighted by Crippen LogP contribution is -2.05. The van der Waals surface area contributed by atoms with Crippen LogP contribution >= 0.6 is 11.3 Å². The van der Waals surface area contributed by atoms with E-state index in [-0.39, 0.29) is 17.8 Å². The van der Waals surface area contributed by atoms with Gasteiger partial charge in [0.2, 0.25) is 0 Å². The van der Waals surface area contributed by atoms with E-state index in [1.807, 2.05) is 6.92 Å². The molecule has 17 heavy (non-hydrogen) atoms. The van der Waals surface area contributed by atoms with Crippen LogP contribution in [0.2, 0.25) is 0 Å². The number of carbonyl (C=O) groups excluding carboxylic acids is 1. The van der Waals surface area contributed by atoms with Crippen LogP contribution in [-0.4, -0.2) is 10.8 Å². The van der Waals surface area contributed by atoms with Gasteiger partial charge in [-0.1, -0.05) is 0 Å². The standard InChI is InChI=1S/C12H9F2NOS/c1-7-15-11(6-17-7)5-12(16)8-2-9(13)4-10(14)3-8/h2-4,6H,5H2,1H3. The van der Waals surface area contributed by atoms with Gasteiger partial charge in [0.25, 0.3) is 0 Å². The van der Waals surface area contributed by atoms with Crippen LogP contribution in [0.5, 0.6) is 0 Å². The van der Waals surface area contributed by atoms with Gasteiger partial charge >= 0.3 is 0 Å². The smallest absolute Gasteiger partial charge is 0.169 e. The Balaban J connectivity index is 2.19. The zero-order chi connectivity index (χ0) is 12.4. The fourth-order valence-electron chi connectivity index (χ4n) is 1.47. The molecular formula is C12H9F2NOS. The summed E-state index contributed by atoms with van der Waals surface area (Å²) < 4.78 is 25.9. The molecule has 0 aliphatic carbocycles. The second kappa shape index (κ2) is 4.71. The van der Waals surface area contributed by atoms with Crippen molar-refractivity contribution in [2.24, 2.45) is 0 Å². The number of aromatic nitrogens is 1. The minimum absolute atomic E-state index is 0.0353. The number of Topliss-reactive ketones (excluding diaryl/α,β-unsaturated/α-hetero) is 1. The lowest BCUT2D eigenvalue weighted by Gasteiger charge is -2.00. The van der Waals surface area contributed by atoms with E-state index in [1.165, 1.54) is 11.3 Å². The highest BCUT2D eigenvalue weighted by Gasteiger charge is 2.11. The van der Waals surface area contributed by atoms with Gasteiger partial charge in [0.05, 0.1) is 17.1 Å². The number of ketones is 1. The molecule has 1 aromatic carbocycles. The van der Waals surface area contributed by atoms with Crippen molar-refractivity contribution in [2.45, 2.75) is 13.3 Å². The van der Waals surface area contributed by atoms with Crippen LogP contribution in [0.15, 0.2) is 23.6 Å². The normalized spacial score (nSPS) is 10.5. The molecule has 1 heterocycles. The fraction of sp³-hybridized carbons (Fsp3) is 0.167. The van der Waals surface area contributed by atoms with Crippen molar-refractivity contribution in [3.05, 3.63) is 51.5 Å². The van der Waals surface area contributed by atoms with Crippen molar-refractivity contribution in [1.29, 1.82) is 0 Å². The van der Waals surface area contributed by atoms with E-state index in [0.29, 0.717) is 5.69 Å². The van der Waals surface area contributed by atoms with Crippen molar-refractivity contribution in [1.82, 2.24) is 4.98 Å². The Morgan fingerprint density at radius 1 is 1.29 bits per heavy atom. The zero-order valence-electron chi connectivity index (χ0n) is 9.04. The third-order valence-electron chi connectivity index (χ3n) is 2.19. The topological polar surface area (TPSA) is 30.0 Å². The summed E-state index contributed by atoms with van der Waals surface area (Å²) in [6, 6.07) is 2.80. The molecule has 0 bridgehead atoms. The first-order chi connectivity index (χ1) is 8.04. The zero-order valence-corrected chi connectivity index (χ0v) is 9.85. The van der Waals surface area contributed by atoms with Gasteiger partial charge in [-0.3, -0.25) is 4.79 Å². The van der Waals surface area contributed by atoms with Gasteiger partial charge in [-0.25, -0.2) is 13.8 Å². The number of thiazole rings is 1. The van der Waals surface area contributed by atoms with E-state index < -0.39 is 11.6 Å². The van der Waals surface area contributed by atoms with Crippen LogP contribution in [-0.2, 0) is 6.42 Å². The predicted octanol–water partition coefficient (Wildman–Crippen LogP) is 3.16. The maximum absolute atomic E-state index is 12.9. The predicted molar refractivity (Wildman–Crippen MR) is 61.2 cm³/mol. The van der Waals surface area contributed by atoms with E-state index >= 15 is 0 Å². The average molecular weight is 253 g/mol. The molecule has 0 aliphatic heterocycles. The number of benzene rings is 1. The van der Waals surface area contributed by atoms with Gasteiger partial charge < -0.3 is 0 Å². The molecule has 0 fully saturated rings. The van der Waals surface area contributed by atoms with Crippen LogP contribution in [0, 0.1) is 18.6 Å². The molecule has 2 aromatic rings. The number of hydrogen-bond acceptors (Lipinski definition) is 3. The second-order valence-corrected chi connectivity index (χ2v) is 4.68. The number of halogens is 2. The Morgan fingerprint density at radius 2 is 1.94 bits per heavy atom. The van der Waals surface area contributed by atoms with Crippen LogP contribution in [0.1, 0.15) is 21.1 Å². The maximum atomic E-state index is 12.9. The Labute approximate surface area is 101 Å². The molecule has 1 aromatic heterocycles. The van der Waals surface area contributed by atoms with Crippen molar-refractivity contribution in [3.8, 4) is 0 Å². The average Bonchev–Trinajstić information content (AvgIpc) is 2.62. The quantitative estimate of drug-likeness (QED) is 0.786. The summed E-state index contributed by atoms with van der Waals surface area (Å²) in [5.41, 5.74) is 0.662. The highest BCUT2D eigenvalue weighted by molar-refractivity contribution is 7.09. The minimum atomic E-state index is -0.747. The number of nitrogens with zero attached hydrogens (tertiary/aromatic N) is 1. The molecule has 2 rings (SSSR count). The molecule has 0 spiro atoms. The second-order valence-electron chi connectivity index (χ2n) is 3.62. The van der Waals surface area contributed by atoms with Crippen molar-refractivity contribution in [3.63, 3.8) is 0 Å². The van der Waals surface area contributed by atoms with Crippen molar-refractivity contribution >= 4 is 17.1 Å². The molecular weight excluding hydrogens is 244 g/mol. The fourth-order valence-corrected chi connectivity index (χ4v) is 2.08. The molecule has 2 nitrogen and oxygen atoms in total. The van der Waals surface area contributed by atoms with E-state index in [9.17, 15) is 13.6 Å². The van der Waals surface area contributed by atoms with Crippen LogP contribution < -0.4 is 0 Å². The van der Waals surface area contributed by atoms with Gasteiger partial charge in [-0.05, 0) is 19.1 Å². The Morgan fingerprint density at radius 3 is 2.47 bits per heavy atom. The first kappa shape index (κ1) is 11.9.